The number of carbonyl (C=O) groups is 1. The fourth-order valence-corrected chi connectivity index (χ4v) is 4.33. The lowest BCUT2D eigenvalue weighted by atomic mass is 9.80. The molecule has 2 heterocycles. The van der Waals surface area contributed by atoms with Crippen LogP contribution in [0.5, 0.6) is 0 Å². The second-order valence-electron chi connectivity index (χ2n) is 8.99. The molecule has 0 saturated carbocycles. The minimum Gasteiger partial charge on any atom is -0.481 e. The molecular weight excluding hydrogens is 474 g/mol. The number of nitrogen functional groups attached to an aromatic ring is 1. The third kappa shape index (κ3) is 5.13. The number of hydrazone groups is 1. The van der Waals surface area contributed by atoms with Gasteiger partial charge in [-0.25, -0.2) is 15.0 Å². The highest BCUT2D eigenvalue weighted by molar-refractivity contribution is 7.80. The van der Waals surface area contributed by atoms with E-state index in [9.17, 15) is 9.90 Å². The van der Waals surface area contributed by atoms with Crippen LogP contribution in [0.15, 0.2) is 71.1 Å². The van der Waals surface area contributed by atoms with E-state index in [-0.39, 0.29) is 0 Å². The van der Waals surface area contributed by atoms with Gasteiger partial charge in [0.15, 0.2) is 0 Å². The van der Waals surface area contributed by atoms with E-state index >= 15 is 0 Å². The van der Waals surface area contributed by atoms with Crippen molar-refractivity contribution in [2.24, 2.45) is 16.3 Å². The highest BCUT2D eigenvalue weighted by atomic mass is 32.1. The second-order valence-corrected chi connectivity index (χ2v) is 9.44. The minimum atomic E-state index is -0.761. The van der Waals surface area contributed by atoms with Gasteiger partial charge in [0.25, 0.3) is 0 Å². The Kier molecular flexibility index (Phi) is 7.16. The molecule has 0 radical (unpaired) electrons. The number of thiol groups is 1. The van der Waals surface area contributed by atoms with E-state index in [2.05, 4.69) is 34.4 Å². The molecular formula is C26H29N7O2S. The van der Waals surface area contributed by atoms with Crippen LogP contribution in [-0.4, -0.2) is 40.9 Å². The zero-order chi connectivity index (χ0) is 25.9. The molecule has 4 rings (SSSR count). The first-order chi connectivity index (χ1) is 17.2. The molecule has 1 fully saturated rings. The van der Waals surface area contributed by atoms with Gasteiger partial charge in [0, 0.05) is 53.9 Å². The minimum absolute atomic E-state index is 0.414. The molecule has 10 heteroatoms. The SMILES string of the molecule is C=NN(/C=C(\N)c1cc(-c2cnc(N3CCC(C)(C(=O)O)CC3)nc2)cc(N)c1S)c1ccccc1. The zero-order valence-corrected chi connectivity index (χ0v) is 20.9. The number of anilines is 3. The molecule has 0 bridgehead atoms. The molecule has 3 aromatic rings. The van der Waals surface area contributed by atoms with Crippen LogP contribution in [-0.2, 0) is 4.79 Å². The molecule has 0 amide bonds. The monoisotopic (exact) mass is 503 g/mol. The van der Waals surface area contributed by atoms with Crippen molar-refractivity contribution in [3.8, 4) is 11.1 Å². The number of benzene rings is 2. The number of para-hydroxylation sites is 1. The van der Waals surface area contributed by atoms with E-state index in [4.69, 9.17) is 11.5 Å². The molecule has 9 nitrogen and oxygen atoms in total. The molecule has 1 aliphatic heterocycles. The summed E-state index contributed by atoms with van der Waals surface area (Å²) in [6, 6.07) is 13.2. The zero-order valence-electron chi connectivity index (χ0n) is 20.0. The lowest BCUT2D eigenvalue weighted by molar-refractivity contribution is -0.149. The number of hydrogen-bond acceptors (Lipinski definition) is 9. The third-order valence-corrected chi connectivity index (χ3v) is 7.02. The molecule has 0 spiro atoms. The Morgan fingerprint density at radius 2 is 1.83 bits per heavy atom. The number of nitrogens with two attached hydrogens (primary N) is 2. The Labute approximate surface area is 215 Å². The maximum atomic E-state index is 11.5. The van der Waals surface area contributed by atoms with Crippen LogP contribution in [0.4, 0.5) is 17.3 Å². The Morgan fingerprint density at radius 1 is 1.19 bits per heavy atom. The highest BCUT2D eigenvalue weighted by Gasteiger charge is 2.37. The predicted molar refractivity (Wildman–Crippen MR) is 147 cm³/mol. The molecule has 0 aliphatic carbocycles. The van der Waals surface area contributed by atoms with E-state index in [1.165, 1.54) is 0 Å². The summed E-state index contributed by atoms with van der Waals surface area (Å²) >= 11 is 4.57. The van der Waals surface area contributed by atoms with Gasteiger partial charge in [-0.3, -0.25) is 4.79 Å². The van der Waals surface area contributed by atoms with Gasteiger partial charge in [-0.1, -0.05) is 18.2 Å². The molecule has 2 aromatic carbocycles. The number of carboxylic acid groups (broad SMARTS) is 1. The van der Waals surface area contributed by atoms with Crippen molar-refractivity contribution in [2.45, 2.75) is 24.7 Å². The second kappa shape index (κ2) is 10.3. The van der Waals surface area contributed by atoms with Gasteiger partial charge >= 0.3 is 5.97 Å². The number of aromatic nitrogens is 2. The topological polar surface area (TPSA) is 134 Å². The van der Waals surface area contributed by atoms with Crippen molar-refractivity contribution in [3.63, 3.8) is 0 Å². The summed E-state index contributed by atoms with van der Waals surface area (Å²) in [5.74, 6) is -0.191. The lowest BCUT2D eigenvalue weighted by Gasteiger charge is -2.36. The van der Waals surface area contributed by atoms with Gasteiger partial charge < -0.3 is 21.5 Å². The number of rotatable bonds is 7. The van der Waals surface area contributed by atoms with Gasteiger partial charge in [-0.15, -0.1) is 12.6 Å². The molecule has 186 valence electrons. The number of nitrogens with zero attached hydrogens (tertiary/aromatic N) is 5. The average Bonchev–Trinajstić information content (AvgIpc) is 2.89. The molecule has 5 N–H and O–H groups in total. The van der Waals surface area contributed by atoms with Crippen molar-refractivity contribution in [3.05, 3.63) is 66.6 Å². The Morgan fingerprint density at radius 3 is 2.42 bits per heavy atom. The molecule has 0 atom stereocenters. The van der Waals surface area contributed by atoms with Crippen LogP contribution in [0.1, 0.15) is 25.3 Å². The first-order valence-electron chi connectivity index (χ1n) is 11.4. The van der Waals surface area contributed by atoms with Crippen molar-refractivity contribution < 1.29 is 9.90 Å². The predicted octanol–water partition coefficient (Wildman–Crippen LogP) is 4.08. The summed E-state index contributed by atoms with van der Waals surface area (Å²) in [6.45, 7) is 6.60. The number of aliphatic carboxylic acids is 1. The molecule has 36 heavy (non-hydrogen) atoms. The van der Waals surface area contributed by atoms with Crippen molar-refractivity contribution >= 4 is 48.3 Å². The lowest BCUT2D eigenvalue weighted by Crippen LogP contribution is -2.43. The number of piperidine rings is 1. The van der Waals surface area contributed by atoms with Gasteiger partial charge in [0.05, 0.1) is 23.0 Å². The van der Waals surface area contributed by atoms with Gasteiger partial charge in [-0.2, -0.15) is 5.10 Å². The molecule has 1 aromatic heterocycles. The highest BCUT2D eigenvalue weighted by Crippen LogP contribution is 2.34. The normalized spacial score (nSPS) is 15.4. The van der Waals surface area contributed by atoms with Gasteiger partial charge in [0.2, 0.25) is 5.95 Å². The van der Waals surface area contributed by atoms with Crippen LogP contribution in [0.2, 0.25) is 0 Å². The smallest absolute Gasteiger partial charge is 0.309 e. The van der Waals surface area contributed by atoms with Crippen molar-refractivity contribution in [1.82, 2.24) is 9.97 Å². The molecule has 1 aliphatic rings. The van der Waals surface area contributed by atoms with Gasteiger partial charge in [-0.05, 0) is 49.6 Å². The fourth-order valence-electron chi connectivity index (χ4n) is 4.07. The summed E-state index contributed by atoms with van der Waals surface area (Å²) in [6.07, 6.45) is 6.21. The van der Waals surface area contributed by atoms with E-state index in [0.717, 1.165) is 16.8 Å². The van der Waals surface area contributed by atoms with Crippen LogP contribution in [0.25, 0.3) is 16.8 Å². The summed E-state index contributed by atoms with van der Waals surface area (Å²) in [4.78, 5) is 23.1. The van der Waals surface area contributed by atoms with Crippen LogP contribution in [0.3, 0.4) is 0 Å². The van der Waals surface area contributed by atoms with Crippen LogP contribution >= 0.6 is 12.6 Å². The van der Waals surface area contributed by atoms with Crippen LogP contribution < -0.4 is 21.4 Å². The average molecular weight is 504 g/mol. The fraction of sp³-hybridized carbons (Fsp3) is 0.231. The third-order valence-electron chi connectivity index (χ3n) is 6.52. The Balaban J connectivity index is 1.58. The van der Waals surface area contributed by atoms with E-state index in [0.29, 0.717) is 53.7 Å². The Bertz CT molecular complexity index is 1290. The van der Waals surface area contributed by atoms with Crippen molar-refractivity contribution in [2.75, 3.05) is 28.7 Å². The first kappa shape index (κ1) is 25.1. The quantitative estimate of drug-likeness (QED) is 0.164. The maximum absolute atomic E-state index is 11.5. The van der Waals surface area contributed by atoms with E-state index < -0.39 is 11.4 Å². The van der Waals surface area contributed by atoms with Gasteiger partial charge in [0.1, 0.15) is 0 Å². The molecule has 1 saturated heterocycles. The summed E-state index contributed by atoms with van der Waals surface area (Å²) in [5.41, 5.74) is 15.9. The summed E-state index contributed by atoms with van der Waals surface area (Å²) < 4.78 is 0. The van der Waals surface area contributed by atoms with E-state index in [1.54, 1.807) is 36.6 Å². The standard InChI is InChI=1S/C26H29N7O2S/c1-26(24(34)35)8-10-32(11-9-26)25-30-14-18(15-31-25)17-12-20(23(36)21(27)13-17)22(28)16-33(29-2)19-6-4-3-5-7-19/h3-7,12-16,36H,2,8-11,27-28H2,1H3,(H,34,35)/b22-16-. The number of carboxylic acids is 1. The van der Waals surface area contributed by atoms with Crippen molar-refractivity contribution in [1.29, 1.82) is 0 Å². The largest absolute Gasteiger partial charge is 0.481 e. The summed E-state index contributed by atoms with van der Waals surface area (Å²) in [5, 5.41) is 15.1. The molecule has 0 unspecified atom stereocenters. The Hall–Kier alpha value is -4.05. The number of hydrogen-bond donors (Lipinski definition) is 4. The first-order valence-corrected chi connectivity index (χ1v) is 11.9. The summed E-state index contributed by atoms with van der Waals surface area (Å²) in [7, 11) is 0. The maximum Gasteiger partial charge on any atom is 0.309 e. The van der Waals surface area contributed by atoms with E-state index in [1.807, 2.05) is 41.3 Å². The van der Waals surface area contributed by atoms with Crippen LogP contribution in [0, 0.1) is 5.41 Å².